The molecule has 4 aromatic rings. The van der Waals surface area contributed by atoms with Crippen LogP contribution in [0.15, 0.2) is 66.7 Å². The van der Waals surface area contributed by atoms with Gasteiger partial charge >= 0.3 is 12.3 Å². The van der Waals surface area contributed by atoms with Crippen molar-refractivity contribution >= 4 is 22.8 Å². The summed E-state index contributed by atoms with van der Waals surface area (Å²) in [6.07, 6.45) is -5.41. The van der Waals surface area contributed by atoms with Crippen LogP contribution in [0.25, 0.3) is 22.2 Å². The second-order valence-electron chi connectivity index (χ2n) is 8.49. The molecular weight excluding hydrogens is 459 g/mol. The van der Waals surface area contributed by atoms with Crippen molar-refractivity contribution in [1.82, 2.24) is 9.55 Å². The number of alkyl halides is 3. The second-order valence-corrected chi connectivity index (χ2v) is 8.49. The fraction of sp³-hybridized carbons (Fsp3) is 0.231. The van der Waals surface area contributed by atoms with Crippen molar-refractivity contribution in [3.05, 3.63) is 83.7 Å². The van der Waals surface area contributed by atoms with Gasteiger partial charge in [-0.25, -0.2) is 9.78 Å². The lowest BCUT2D eigenvalue weighted by atomic mass is 9.98. The number of carbonyl (C=O) groups excluding carboxylic acids is 1. The lowest BCUT2D eigenvalue weighted by molar-refractivity contribution is -0.147. The third-order valence-electron chi connectivity index (χ3n) is 6.24. The number of rotatable bonds is 5. The fourth-order valence-electron chi connectivity index (χ4n) is 4.66. The summed E-state index contributed by atoms with van der Waals surface area (Å²) >= 11 is 0. The van der Waals surface area contributed by atoms with Crippen molar-refractivity contribution in [2.45, 2.75) is 25.1 Å². The summed E-state index contributed by atoms with van der Waals surface area (Å²) in [7, 11) is 0. The second kappa shape index (κ2) is 8.74. The molecule has 0 fully saturated rings. The summed E-state index contributed by atoms with van der Waals surface area (Å²) in [5.41, 5.74) is 4.87. The largest absolute Gasteiger partial charge is 0.449 e. The van der Waals surface area contributed by atoms with E-state index in [0.717, 1.165) is 26.8 Å². The number of benzene rings is 3. The van der Waals surface area contributed by atoms with Crippen LogP contribution in [0.2, 0.25) is 0 Å². The van der Waals surface area contributed by atoms with Crippen LogP contribution < -0.4 is 5.32 Å². The summed E-state index contributed by atoms with van der Waals surface area (Å²) < 4.78 is 47.0. The molecule has 0 saturated carbocycles. The fourth-order valence-corrected chi connectivity index (χ4v) is 4.66. The smallest absolute Gasteiger partial charge is 0.448 e. The molecule has 0 radical (unpaired) electrons. The van der Waals surface area contributed by atoms with E-state index < -0.39 is 30.7 Å². The molecule has 9 heteroatoms. The number of nitrogens with zero attached hydrogens (tertiary/aromatic N) is 2. The highest BCUT2D eigenvalue weighted by Gasteiger charge is 2.38. The van der Waals surface area contributed by atoms with E-state index in [1.165, 1.54) is 25.1 Å². The maximum absolute atomic E-state index is 13.5. The minimum atomic E-state index is -4.69. The Kier molecular flexibility index (Phi) is 5.72. The Morgan fingerprint density at radius 2 is 1.71 bits per heavy atom. The lowest BCUT2D eigenvalue weighted by Crippen LogP contribution is -2.19. The summed E-state index contributed by atoms with van der Waals surface area (Å²) in [5.74, 6) is -1.21. The average molecular weight is 481 g/mol. The molecule has 35 heavy (non-hydrogen) atoms. The van der Waals surface area contributed by atoms with E-state index in [0.29, 0.717) is 0 Å². The van der Waals surface area contributed by atoms with Crippen molar-refractivity contribution in [3.63, 3.8) is 0 Å². The van der Waals surface area contributed by atoms with Crippen LogP contribution in [0.4, 0.5) is 23.7 Å². The Balaban J connectivity index is 1.34. The molecule has 5 rings (SSSR count). The van der Waals surface area contributed by atoms with Gasteiger partial charge in [-0.1, -0.05) is 48.5 Å². The third-order valence-corrected chi connectivity index (χ3v) is 6.24. The summed E-state index contributed by atoms with van der Waals surface area (Å²) in [6.45, 7) is 1.11. The van der Waals surface area contributed by atoms with Gasteiger partial charge in [0.25, 0.3) is 0 Å². The normalized spacial score (nSPS) is 14.0. The van der Waals surface area contributed by atoms with Crippen molar-refractivity contribution < 1.29 is 27.8 Å². The molecule has 1 aliphatic carbocycles. The molecule has 0 saturated heterocycles. The van der Waals surface area contributed by atoms with Crippen molar-refractivity contribution in [2.75, 3.05) is 18.5 Å². The van der Waals surface area contributed by atoms with E-state index in [-0.39, 0.29) is 29.2 Å². The van der Waals surface area contributed by atoms with Crippen molar-refractivity contribution in [2.24, 2.45) is 0 Å². The van der Waals surface area contributed by atoms with Gasteiger partial charge in [0.15, 0.2) is 0 Å². The first-order valence-corrected chi connectivity index (χ1v) is 11.1. The number of hydrogen-bond donors (Lipinski definition) is 2. The van der Waals surface area contributed by atoms with Crippen molar-refractivity contribution in [1.29, 1.82) is 0 Å². The average Bonchev–Trinajstić information content (AvgIpc) is 3.38. The molecule has 1 heterocycles. The Hall–Kier alpha value is -3.85. The van der Waals surface area contributed by atoms with Crippen LogP contribution >= 0.6 is 0 Å². The zero-order valence-corrected chi connectivity index (χ0v) is 18.7. The summed E-state index contributed by atoms with van der Waals surface area (Å²) in [5, 5.41) is 12.0. The third kappa shape index (κ3) is 4.12. The minimum Gasteiger partial charge on any atom is -0.448 e. The van der Waals surface area contributed by atoms with Crippen molar-refractivity contribution in [3.8, 4) is 11.1 Å². The molecule has 0 bridgehead atoms. The van der Waals surface area contributed by atoms with Gasteiger partial charge in [0, 0.05) is 11.6 Å². The molecule has 2 N–H and O–H groups in total. The number of aromatic nitrogens is 2. The lowest BCUT2D eigenvalue weighted by Gasteiger charge is -2.16. The number of nitrogens with one attached hydrogen (secondary N) is 1. The molecule has 3 aromatic carbocycles. The number of aliphatic hydroxyl groups is 1. The molecule has 1 amide bonds. The van der Waals surface area contributed by atoms with Gasteiger partial charge in [-0.3, -0.25) is 5.32 Å². The Bertz CT molecular complexity index is 1370. The number of ether oxygens (including phenoxy) is 1. The maximum atomic E-state index is 13.5. The van der Waals surface area contributed by atoms with Crippen LogP contribution in [0.5, 0.6) is 0 Å². The maximum Gasteiger partial charge on any atom is 0.449 e. The first kappa shape index (κ1) is 22.9. The van der Waals surface area contributed by atoms with E-state index in [9.17, 15) is 23.1 Å². The number of fused-ring (bicyclic) bond motifs is 4. The topological polar surface area (TPSA) is 76.4 Å². The van der Waals surface area contributed by atoms with E-state index >= 15 is 0 Å². The number of carbonyl (C=O) groups is 1. The highest BCUT2D eigenvalue weighted by molar-refractivity contribution is 5.89. The summed E-state index contributed by atoms with van der Waals surface area (Å²) in [4.78, 5) is 16.3. The number of anilines is 1. The predicted molar refractivity (Wildman–Crippen MR) is 125 cm³/mol. The molecule has 0 spiro atoms. The van der Waals surface area contributed by atoms with Gasteiger partial charge in [-0.2, -0.15) is 13.2 Å². The van der Waals surface area contributed by atoms with Crippen LogP contribution in [-0.4, -0.2) is 34.0 Å². The molecule has 180 valence electrons. The van der Waals surface area contributed by atoms with E-state index in [4.69, 9.17) is 4.74 Å². The van der Waals surface area contributed by atoms with Crippen LogP contribution in [0.1, 0.15) is 35.8 Å². The Morgan fingerprint density at radius 3 is 2.31 bits per heavy atom. The molecule has 1 atom stereocenters. The minimum absolute atomic E-state index is 0.0501. The van der Waals surface area contributed by atoms with E-state index in [2.05, 4.69) is 10.3 Å². The van der Waals surface area contributed by atoms with Gasteiger partial charge in [0.05, 0.1) is 23.7 Å². The van der Waals surface area contributed by atoms with Gasteiger partial charge in [0.1, 0.15) is 6.61 Å². The number of imidazole rings is 1. The molecule has 1 aromatic heterocycles. The molecule has 0 aliphatic heterocycles. The number of hydrogen-bond acceptors (Lipinski definition) is 4. The number of halogens is 3. The zero-order chi connectivity index (χ0) is 24.7. The van der Waals surface area contributed by atoms with Gasteiger partial charge in [0.2, 0.25) is 5.82 Å². The van der Waals surface area contributed by atoms with Crippen LogP contribution in [0, 0.1) is 0 Å². The standard InChI is InChI=1S/C26H22F3N3O3/c1-15(13-33)32-23-11-10-16(12-22(23)31-24(32)26(27,28)29)30-25(34)35-14-21-19-8-4-2-6-17(19)18-7-3-5-9-20(18)21/h2-12,15,21,33H,13-14H2,1H3,(H,30,34). The monoisotopic (exact) mass is 481 g/mol. The molecule has 1 aliphatic rings. The quantitative estimate of drug-likeness (QED) is 0.368. The highest BCUT2D eigenvalue weighted by atomic mass is 19.4. The van der Waals surface area contributed by atoms with Crippen LogP contribution in [0.3, 0.4) is 0 Å². The van der Waals surface area contributed by atoms with Gasteiger partial charge < -0.3 is 14.4 Å². The predicted octanol–water partition coefficient (Wildman–Crippen LogP) is 5.97. The first-order chi connectivity index (χ1) is 16.8. The van der Waals surface area contributed by atoms with E-state index in [1.54, 1.807) is 0 Å². The van der Waals surface area contributed by atoms with E-state index in [1.807, 2.05) is 48.5 Å². The first-order valence-electron chi connectivity index (χ1n) is 11.1. The summed E-state index contributed by atoms with van der Waals surface area (Å²) in [6, 6.07) is 19.4. The number of amides is 1. The zero-order valence-electron chi connectivity index (χ0n) is 18.7. The highest BCUT2D eigenvalue weighted by Crippen LogP contribution is 2.44. The molecular formula is C26H22F3N3O3. The van der Waals surface area contributed by atoms with Crippen LogP contribution in [-0.2, 0) is 10.9 Å². The Morgan fingerprint density at radius 1 is 1.09 bits per heavy atom. The molecule has 6 nitrogen and oxygen atoms in total. The number of aliphatic hydroxyl groups excluding tert-OH is 1. The van der Waals surface area contributed by atoms with Gasteiger partial charge in [-0.05, 0) is 47.4 Å². The molecule has 1 unspecified atom stereocenters. The Labute approximate surface area is 199 Å². The SMILES string of the molecule is CC(CO)n1c(C(F)(F)F)nc2cc(NC(=O)OCC3c4ccccc4-c4ccccc43)ccc21. The van der Waals surface area contributed by atoms with Gasteiger partial charge in [-0.15, -0.1) is 0 Å².